The van der Waals surface area contributed by atoms with E-state index in [1.54, 1.807) is 0 Å². The smallest absolute Gasteiger partial charge is 0.234 e. The maximum Gasteiger partial charge on any atom is 0.234 e. The zero-order valence-corrected chi connectivity index (χ0v) is 12.1. The molecule has 1 spiro atoms. The molecule has 3 fully saturated rings. The van der Waals surface area contributed by atoms with Gasteiger partial charge in [-0.15, -0.1) is 0 Å². The van der Waals surface area contributed by atoms with Crippen LogP contribution in [0.4, 0.5) is 0 Å². The van der Waals surface area contributed by atoms with E-state index in [1.807, 2.05) is 0 Å². The molecule has 2 aliphatic carbocycles. The predicted molar refractivity (Wildman–Crippen MR) is 75.3 cm³/mol. The molecule has 0 radical (unpaired) electrons. The fraction of sp³-hybridized carbons (Fsp3) is 0.933. The van der Waals surface area contributed by atoms with Crippen molar-refractivity contribution in [1.29, 1.82) is 0 Å². The van der Waals surface area contributed by atoms with E-state index in [9.17, 15) is 9.90 Å². The first-order valence-electron chi connectivity index (χ1n) is 7.99. The Bertz CT molecular complexity index is 349. The average Bonchev–Trinajstić information content (AvgIpc) is 2.97. The summed E-state index contributed by atoms with van der Waals surface area (Å²) >= 11 is 0. The standard InChI is InChI=1S/C15H26N2O3/c18-13-9-12(15(13)5-7-20-8-6-15)16-10-14(19)17-11-3-1-2-4-11/h11-13,16,18H,1-10H2,(H,17,19)/t12-,13-/m1/s1. The van der Waals surface area contributed by atoms with Crippen molar-refractivity contribution in [2.45, 2.75) is 63.1 Å². The monoisotopic (exact) mass is 282 g/mol. The Balaban J connectivity index is 1.44. The summed E-state index contributed by atoms with van der Waals surface area (Å²) in [6.45, 7) is 1.82. The topological polar surface area (TPSA) is 70.6 Å². The van der Waals surface area contributed by atoms with Crippen molar-refractivity contribution < 1.29 is 14.6 Å². The first kappa shape index (κ1) is 14.3. The molecule has 5 nitrogen and oxygen atoms in total. The lowest BCUT2D eigenvalue weighted by Gasteiger charge is -2.55. The van der Waals surface area contributed by atoms with Crippen LogP contribution >= 0.6 is 0 Å². The Morgan fingerprint density at radius 3 is 2.60 bits per heavy atom. The lowest BCUT2D eigenvalue weighted by atomic mass is 9.58. The molecule has 5 heteroatoms. The quantitative estimate of drug-likeness (QED) is 0.705. The predicted octanol–water partition coefficient (Wildman–Crippen LogP) is 0.565. The van der Waals surface area contributed by atoms with Crippen LogP contribution in [0.15, 0.2) is 0 Å². The molecule has 3 aliphatic rings. The van der Waals surface area contributed by atoms with Gasteiger partial charge in [0.1, 0.15) is 0 Å². The number of rotatable bonds is 4. The molecule has 1 aliphatic heterocycles. The average molecular weight is 282 g/mol. The first-order chi connectivity index (χ1) is 9.71. The summed E-state index contributed by atoms with van der Waals surface area (Å²) in [5.41, 5.74) is -0.0497. The van der Waals surface area contributed by atoms with Crippen molar-refractivity contribution in [3.63, 3.8) is 0 Å². The summed E-state index contributed by atoms with van der Waals surface area (Å²) in [6.07, 6.45) is 7.03. The maximum absolute atomic E-state index is 11.9. The third-order valence-corrected chi connectivity index (χ3v) is 5.47. The van der Waals surface area contributed by atoms with Crippen LogP contribution in [0.25, 0.3) is 0 Å². The van der Waals surface area contributed by atoms with Crippen molar-refractivity contribution >= 4 is 5.91 Å². The third-order valence-electron chi connectivity index (χ3n) is 5.47. The Labute approximate surface area is 120 Å². The molecule has 1 amide bonds. The highest BCUT2D eigenvalue weighted by Crippen LogP contribution is 2.48. The molecule has 2 atom stereocenters. The lowest BCUT2D eigenvalue weighted by molar-refractivity contribution is -0.150. The van der Waals surface area contributed by atoms with Gasteiger partial charge in [0.2, 0.25) is 5.91 Å². The van der Waals surface area contributed by atoms with Crippen molar-refractivity contribution in [3.8, 4) is 0 Å². The van der Waals surface area contributed by atoms with E-state index >= 15 is 0 Å². The van der Waals surface area contributed by atoms with Gasteiger partial charge in [-0.2, -0.15) is 0 Å². The molecule has 3 N–H and O–H groups in total. The molecule has 0 aromatic heterocycles. The minimum absolute atomic E-state index is 0.0497. The van der Waals surface area contributed by atoms with E-state index in [1.165, 1.54) is 12.8 Å². The fourth-order valence-electron chi connectivity index (χ4n) is 4.05. The van der Waals surface area contributed by atoms with Crippen LogP contribution in [0.5, 0.6) is 0 Å². The van der Waals surface area contributed by atoms with E-state index in [0.29, 0.717) is 12.6 Å². The van der Waals surface area contributed by atoms with E-state index in [2.05, 4.69) is 10.6 Å². The van der Waals surface area contributed by atoms with Crippen LogP contribution in [-0.4, -0.2) is 49.0 Å². The van der Waals surface area contributed by atoms with Crippen molar-refractivity contribution in [2.75, 3.05) is 19.8 Å². The summed E-state index contributed by atoms with van der Waals surface area (Å²) in [5, 5.41) is 16.5. The number of aliphatic hydroxyl groups excluding tert-OH is 1. The molecule has 3 rings (SSSR count). The molecular weight excluding hydrogens is 256 g/mol. The second kappa shape index (κ2) is 6.00. The van der Waals surface area contributed by atoms with Crippen LogP contribution in [-0.2, 0) is 9.53 Å². The van der Waals surface area contributed by atoms with Gasteiger partial charge < -0.3 is 20.5 Å². The molecule has 0 bridgehead atoms. The number of aliphatic hydroxyl groups is 1. The van der Waals surface area contributed by atoms with Gasteiger partial charge in [-0.1, -0.05) is 12.8 Å². The lowest BCUT2D eigenvalue weighted by Crippen LogP contribution is -2.65. The van der Waals surface area contributed by atoms with Gasteiger partial charge in [0.15, 0.2) is 0 Å². The molecular formula is C15H26N2O3. The van der Waals surface area contributed by atoms with Crippen LogP contribution in [0, 0.1) is 5.41 Å². The molecule has 114 valence electrons. The number of hydrogen-bond donors (Lipinski definition) is 3. The fourth-order valence-corrected chi connectivity index (χ4v) is 4.05. The van der Waals surface area contributed by atoms with E-state index < -0.39 is 0 Å². The molecule has 2 saturated carbocycles. The van der Waals surface area contributed by atoms with Gasteiger partial charge in [-0.3, -0.25) is 4.79 Å². The summed E-state index contributed by atoms with van der Waals surface area (Å²) in [7, 11) is 0. The number of carbonyl (C=O) groups excluding carboxylic acids is 1. The molecule has 0 unspecified atom stereocenters. The van der Waals surface area contributed by atoms with Crippen LogP contribution < -0.4 is 10.6 Å². The van der Waals surface area contributed by atoms with E-state index in [4.69, 9.17) is 4.74 Å². The number of nitrogens with one attached hydrogen (secondary N) is 2. The number of carbonyl (C=O) groups is 1. The van der Waals surface area contributed by atoms with Gasteiger partial charge in [0, 0.05) is 30.7 Å². The second-order valence-electron chi connectivity index (χ2n) is 6.58. The van der Waals surface area contributed by atoms with Crippen molar-refractivity contribution in [2.24, 2.45) is 5.41 Å². The van der Waals surface area contributed by atoms with Gasteiger partial charge in [0.05, 0.1) is 12.6 Å². The first-order valence-corrected chi connectivity index (χ1v) is 7.99. The van der Waals surface area contributed by atoms with Gasteiger partial charge in [-0.05, 0) is 32.1 Å². The number of amides is 1. The van der Waals surface area contributed by atoms with Crippen LogP contribution in [0.1, 0.15) is 44.9 Å². The third kappa shape index (κ3) is 2.71. The SMILES string of the molecule is O=C(CN[C@@H]1C[C@@H](O)C12CCOCC2)NC1CCCC1. The summed E-state index contributed by atoms with van der Waals surface area (Å²) in [5.74, 6) is 0.0977. The van der Waals surface area contributed by atoms with E-state index in [0.717, 1.165) is 45.3 Å². The minimum Gasteiger partial charge on any atom is -0.392 e. The van der Waals surface area contributed by atoms with Gasteiger partial charge in [-0.25, -0.2) is 0 Å². The zero-order chi connectivity index (χ0) is 14.0. The Hall–Kier alpha value is -0.650. The normalized spacial score (nSPS) is 33.0. The highest BCUT2D eigenvalue weighted by atomic mass is 16.5. The summed E-state index contributed by atoms with van der Waals surface area (Å²) in [4.78, 5) is 11.9. The molecule has 0 aromatic carbocycles. The maximum atomic E-state index is 11.9. The summed E-state index contributed by atoms with van der Waals surface area (Å²) in [6, 6.07) is 0.643. The summed E-state index contributed by atoms with van der Waals surface area (Å²) < 4.78 is 5.39. The van der Waals surface area contributed by atoms with E-state index in [-0.39, 0.29) is 23.5 Å². The Kier molecular flexibility index (Phi) is 4.29. The van der Waals surface area contributed by atoms with Crippen LogP contribution in [0.2, 0.25) is 0 Å². The highest BCUT2D eigenvalue weighted by molar-refractivity contribution is 5.78. The number of ether oxygens (including phenoxy) is 1. The molecule has 20 heavy (non-hydrogen) atoms. The largest absolute Gasteiger partial charge is 0.392 e. The van der Waals surface area contributed by atoms with Crippen molar-refractivity contribution in [1.82, 2.24) is 10.6 Å². The van der Waals surface area contributed by atoms with Crippen molar-refractivity contribution in [3.05, 3.63) is 0 Å². The highest BCUT2D eigenvalue weighted by Gasteiger charge is 2.54. The van der Waals surface area contributed by atoms with Gasteiger partial charge >= 0.3 is 0 Å². The second-order valence-corrected chi connectivity index (χ2v) is 6.58. The van der Waals surface area contributed by atoms with Gasteiger partial charge in [0.25, 0.3) is 0 Å². The molecule has 1 saturated heterocycles. The van der Waals surface area contributed by atoms with Crippen LogP contribution in [0.3, 0.4) is 0 Å². The minimum atomic E-state index is -0.234. The molecule has 1 heterocycles. The zero-order valence-electron chi connectivity index (χ0n) is 12.1. The molecule has 0 aromatic rings. The number of hydrogen-bond acceptors (Lipinski definition) is 4. The Morgan fingerprint density at radius 2 is 1.95 bits per heavy atom. The Morgan fingerprint density at radius 1 is 1.25 bits per heavy atom.